The van der Waals surface area contributed by atoms with Crippen LogP contribution in [0.3, 0.4) is 0 Å². The Morgan fingerprint density at radius 1 is 0.750 bits per heavy atom. The highest BCUT2D eigenvalue weighted by atomic mass is 32.1. The maximum absolute atomic E-state index is 14.6. The third-order valence-electron chi connectivity index (χ3n) is 7.23. The molecule has 2 aromatic heterocycles. The number of hydrogen-bond acceptors (Lipinski definition) is 3. The van der Waals surface area contributed by atoms with Crippen LogP contribution < -0.4 is 5.32 Å². The summed E-state index contributed by atoms with van der Waals surface area (Å²) in [5.41, 5.74) is 2.09. The Morgan fingerprint density at radius 2 is 1.35 bits per heavy atom. The molecule has 0 fully saturated rings. The molecule has 4 aromatic rings. The van der Waals surface area contributed by atoms with Crippen molar-refractivity contribution in [3.63, 3.8) is 0 Å². The van der Waals surface area contributed by atoms with Crippen LogP contribution in [-0.4, -0.2) is 15.0 Å². The van der Waals surface area contributed by atoms with Gasteiger partial charge in [0.25, 0.3) is 0 Å². The first-order valence-electron chi connectivity index (χ1n) is 14.9. The number of anilines is 1. The maximum Gasteiger partial charge on any atom is 0.147 e. The zero-order chi connectivity index (χ0) is 28.6. The van der Waals surface area contributed by atoms with Crippen molar-refractivity contribution in [2.45, 2.75) is 90.9 Å². The number of aromatic nitrogens is 2. The van der Waals surface area contributed by atoms with Crippen molar-refractivity contribution >= 4 is 44.7 Å². The zero-order valence-corrected chi connectivity index (χ0v) is 24.8. The van der Waals surface area contributed by atoms with Crippen LogP contribution in [0.25, 0.3) is 21.8 Å². The van der Waals surface area contributed by atoms with Gasteiger partial charge in [0.05, 0.1) is 21.7 Å². The Balaban J connectivity index is 0.000000330. The van der Waals surface area contributed by atoms with Gasteiger partial charge in [-0.2, -0.15) is 0 Å². The first-order valence-corrected chi connectivity index (χ1v) is 15.3. The zero-order valence-electron chi connectivity index (χ0n) is 24.0. The monoisotopic (exact) mass is 563 g/mol. The van der Waals surface area contributed by atoms with Gasteiger partial charge < -0.3 is 5.32 Å². The van der Waals surface area contributed by atoms with Crippen LogP contribution in [0.2, 0.25) is 0 Å². The molecule has 0 aliphatic heterocycles. The molecule has 2 aromatic carbocycles. The molecule has 0 saturated heterocycles. The third kappa shape index (κ3) is 10.2. The molecule has 0 radical (unpaired) electrons. The van der Waals surface area contributed by atoms with Crippen LogP contribution >= 0.6 is 12.2 Å². The molecule has 0 saturated carbocycles. The predicted octanol–water partition coefficient (Wildman–Crippen LogP) is 10.8. The second-order valence-corrected chi connectivity index (χ2v) is 10.9. The summed E-state index contributed by atoms with van der Waals surface area (Å²) in [6, 6.07) is 15.1. The van der Waals surface area contributed by atoms with Crippen molar-refractivity contribution in [2.24, 2.45) is 5.92 Å². The molecule has 4 rings (SSSR count). The van der Waals surface area contributed by atoms with E-state index in [1.165, 1.54) is 82.4 Å². The van der Waals surface area contributed by atoms with Gasteiger partial charge in [-0.25, -0.2) is 8.78 Å². The number of nitrogens with one attached hydrogen (secondary N) is 1. The second kappa shape index (κ2) is 17.6. The summed E-state index contributed by atoms with van der Waals surface area (Å²) >= 11 is 5.78. The van der Waals surface area contributed by atoms with E-state index in [1.54, 1.807) is 30.6 Å². The Morgan fingerprint density at radius 3 is 2.08 bits per heavy atom. The number of thiocarbonyl (C=S) groups is 1. The van der Waals surface area contributed by atoms with Gasteiger partial charge in [-0.3, -0.25) is 9.97 Å². The van der Waals surface area contributed by atoms with Crippen LogP contribution in [0.1, 0.15) is 90.9 Å². The van der Waals surface area contributed by atoms with E-state index >= 15 is 0 Å². The molecule has 0 amide bonds. The molecule has 1 N–H and O–H groups in total. The van der Waals surface area contributed by atoms with Crippen molar-refractivity contribution in [3.8, 4) is 0 Å². The lowest BCUT2D eigenvalue weighted by Gasteiger charge is -2.21. The molecule has 214 valence electrons. The van der Waals surface area contributed by atoms with Gasteiger partial charge in [0.2, 0.25) is 0 Å². The SMILES string of the molecule is CCCCCCCCC(CCCCCC)C(=S)Nc1c(F)ccc2ncccc12.Fc1ccc2ncccc2c1. The molecule has 6 heteroatoms. The first-order chi connectivity index (χ1) is 19.5. The molecule has 0 aliphatic carbocycles. The van der Waals surface area contributed by atoms with Crippen molar-refractivity contribution in [3.05, 3.63) is 78.6 Å². The summed E-state index contributed by atoms with van der Waals surface area (Å²) in [6.45, 7) is 4.48. The number of hydrogen-bond donors (Lipinski definition) is 1. The molecule has 3 nitrogen and oxygen atoms in total. The highest BCUT2D eigenvalue weighted by Gasteiger charge is 2.17. The lowest BCUT2D eigenvalue weighted by Crippen LogP contribution is -2.22. The standard InChI is InChI=1S/C25H37FN2S.C9H6FN/c1-3-5-7-9-10-12-15-20(14-11-8-6-4-2)25(29)28-24-21-16-13-19-27-23(21)18-17-22(24)26;10-8-3-4-9-7(6-8)2-1-5-11-9/h13,16-20H,3-12,14-15H2,1-2H3,(H,28,29);1-6H. The minimum atomic E-state index is -0.267. The number of halogens is 2. The minimum Gasteiger partial charge on any atom is -0.347 e. The maximum atomic E-state index is 14.6. The number of pyridine rings is 2. The quantitative estimate of drug-likeness (QED) is 0.122. The number of nitrogens with zero attached hydrogens (tertiary/aromatic N) is 2. The van der Waals surface area contributed by atoms with Crippen LogP contribution in [0.15, 0.2) is 67.0 Å². The van der Waals surface area contributed by atoms with E-state index in [9.17, 15) is 8.78 Å². The lowest BCUT2D eigenvalue weighted by atomic mass is 9.93. The fraction of sp³-hybridized carbons (Fsp3) is 0.441. The number of unbranched alkanes of at least 4 members (excludes halogenated alkanes) is 8. The number of rotatable bonds is 14. The van der Waals surface area contributed by atoms with Crippen molar-refractivity contribution in [1.29, 1.82) is 0 Å². The summed E-state index contributed by atoms with van der Waals surface area (Å²) in [5, 5.41) is 4.90. The Bertz CT molecular complexity index is 1330. The van der Waals surface area contributed by atoms with Gasteiger partial charge in [0.15, 0.2) is 0 Å². The third-order valence-corrected chi connectivity index (χ3v) is 7.67. The van der Waals surface area contributed by atoms with Crippen molar-refractivity contribution in [2.75, 3.05) is 5.32 Å². The molecular formula is C34H43F2N3S. The van der Waals surface area contributed by atoms with Crippen molar-refractivity contribution in [1.82, 2.24) is 9.97 Å². The largest absolute Gasteiger partial charge is 0.347 e. The molecule has 1 unspecified atom stereocenters. The molecule has 1 atom stereocenters. The van der Waals surface area contributed by atoms with Gasteiger partial charge in [0, 0.05) is 29.1 Å². The van der Waals surface area contributed by atoms with E-state index in [0.717, 1.165) is 39.6 Å². The molecular weight excluding hydrogens is 520 g/mol. The van der Waals surface area contributed by atoms with Gasteiger partial charge in [-0.1, -0.05) is 96.3 Å². The molecule has 0 spiro atoms. The topological polar surface area (TPSA) is 37.8 Å². The molecule has 40 heavy (non-hydrogen) atoms. The Kier molecular flexibility index (Phi) is 13.9. The predicted molar refractivity (Wildman–Crippen MR) is 170 cm³/mol. The smallest absolute Gasteiger partial charge is 0.147 e. The summed E-state index contributed by atoms with van der Waals surface area (Å²) in [7, 11) is 0. The van der Waals surface area contributed by atoms with E-state index in [-0.39, 0.29) is 11.6 Å². The lowest BCUT2D eigenvalue weighted by molar-refractivity contribution is 0.491. The van der Waals surface area contributed by atoms with Crippen LogP contribution in [0, 0.1) is 17.6 Å². The Hall–Kier alpha value is -2.99. The highest BCUT2D eigenvalue weighted by molar-refractivity contribution is 7.80. The summed E-state index contributed by atoms with van der Waals surface area (Å²) in [5.74, 6) is -0.165. The summed E-state index contributed by atoms with van der Waals surface area (Å²) < 4.78 is 27.2. The average molecular weight is 564 g/mol. The first kappa shape index (κ1) is 31.5. The van der Waals surface area contributed by atoms with E-state index in [4.69, 9.17) is 12.2 Å². The summed E-state index contributed by atoms with van der Waals surface area (Å²) in [4.78, 5) is 9.18. The van der Waals surface area contributed by atoms with Gasteiger partial charge in [-0.15, -0.1) is 0 Å². The van der Waals surface area contributed by atoms with E-state index in [2.05, 4.69) is 29.1 Å². The van der Waals surface area contributed by atoms with E-state index < -0.39 is 0 Å². The average Bonchev–Trinajstić information content (AvgIpc) is 2.97. The van der Waals surface area contributed by atoms with Crippen LogP contribution in [0.5, 0.6) is 0 Å². The normalized spacial score (nSPS) is 11.7. The fourth-order valence-electron chi connectivity index (χ4n) is 4.92. The van der Waals surface area contributed by atoms with E-state index in [1.807, 2.05) is 18.2 Å². The van der Waals surface area contributed by atoms with Gasteiger partial charge in [-0.05, 0) is 61.4 Å². The second-order valence-electron chi connectivity index (χ2n) is 10.4. The number of fused-ring (bicyclic) bond motifs is 2. The fourth-order valence-corrected chi connectivity index (χ4v) is 5.26. The molecule has 2 heterocycles. The molecule has 0 bridgehead atoms. The van der Waals surface area contributed by atoms with Crippen LogP contribution in [0.4, 0.5) is 14.5 Å². The molecule has 0 aliphatic rings. The number of benzene rings is 2. The van der Waals surface area contributed by atoms with E-state index in [0.29, 0.717) is 11.6 Å². The van der Waals surface area contributed by atoms with Crippen LogP contribution in [-0.2, 0) is 0 Å². The Labute approximate surface area is 243 Å². The van der Waals surface area contributed by atoms with Gasteiger partial charge >= 0.3 is 0 Å². The minimum absolute atomic E-state index is 0.217. The van der Waals surface area contributed by atoms with Gasteiger partial charge in [0.1, 0.15) is 11.6 Å². The van der Waals surface area contributed by atoms with Crippen molar-refractivity contribution < 1.29 is 8.78 Å². The summed E-state index contributed by atoms with van der Waals surface area (Å²) in [6.07, 6.45) is 18.3. The highest BCUT2D eigenvalue weighted by Crippen LogP contribution is 2.28.